The lowest BCUT2D eigenvalue weighted by Crippen LogP contribution is -2.30. The molecule has 0 rings (SSSR count). The van der Waals surface area contributed by atoms with Gasteiger partial charge in [-0.1, -0.05) is 324 Å². The molecule has 0 aliphatic heterocycles. The van der Waals surface area contributed by atoms with Crippen LogP contribution in [0.3, 0.4) is 0 Å². The Morgan fingerprint density at radius 3 is 0.753 bits per heavy atom. The van der Waals surface area contributed by atoms with Crippen molar-refractivity contribution in [2.75, 3.05) is 13.2 Å². The Morgan fingerprint density at radius 2 is 0.481 bits per heavy atom. The second kappa shape index (κ2) is 69.1. The summed E-state index contributed by atoms with van der Waals surface area (Å²) >= 11 is 0. The molecular weight excluding hydrogens is 997 g/mol. The van der Waals surface area contributed by atoms with Gasteiger partial charge in [-0.3, -0.25) is 14.4 Å². The van der Waals surface area contributed by atoms with Crippen LogP contribution >= 0.6 is 0 Å². The monoisotopic (exact) mass is 1130 g/mol. The van der Waals surface area contributed by atoms with E-state index in [-0.39, 0.29) is 31.1 Å². The number of esters is 3. The van der Waals surface area contributed by atoms with Crippen LogP contribution in [0.2, 0.25) is 0 Å². The summed E-state index contributed by atoms with van der Waals surface area (Å²) < 4.78 is 17.0. The number of hydrogen-bond acceptors (Lipinski definition) is 6. The quantitative estimate of drug-likeness (QED) is 0.0261. The van der Waals surface area contributed by atoms with Gasteiger partial charge in [0.05, 0.1) is 0 Å². The molecule has 81 heavy (non-hydrogen) atoms. The third-order valence-electron chi connectivity index (χ3n) is 15.4. The van der Waals surface area contributed by atoms with E-state index in [1.54, 1.807) is 0 Å². The molecule has 0 bridgehead atoms. The fourth-order valence-electron chi connectivity index (χ4n) is 10.2. The molecule has 1 unspecified atom stereocenters. The molecule has 0 heterocycles. The number of hydrogen-bond donors (Lipinski definition) is 0. The molecule has 0 N–H and O–H groups in total. The van der Waals surface area contributed by atoms with E-state index in [9.17, 15) is 14.4 Å². The zero-order chi connectivity index (χ0) is 58.5. The summed E-state index contributed by atoms with van der Waals surface area (Å²) in [5, 5.41) is 0. The first-order valence-corrected chi connectivity index (χ1v) is 35.1. The molecule has 0 saturated carbocycles. The van der Waals surface area contributed by atoms with Crippen LogP contribution in [0, 0.1) is 0 Å². The van der Waals surface area contributed by atoms with Crippen LogP contribution in [-0.4, -0.2) is 37.2 Å². The van der Waals surface area contributed by atoms with E-state index in [2.05, 4.69) is 106 Å². The van der Waals surface area contributed by atoms with Gasteiger partial charge in [-0.15, -0.1) is 0 Å². The minimum Gasteiger partial charge on any atom is -0.462 e. The van der Waals surface area contributed by atoms with Crippen molar-refractivity contribution in [3.63, 3.8) is 0 Å². The van der Waals surface area contributed by atoms with E-state index in [1.165, 1.54) is 205 Å². The van der Waals surface area contributed by atoms with Gasteiger partial charge in [0, 0.05) is 19.3 Å². The zero-order valence-electron chi connectivity index (χ0n) is 53.8. The topological polar surface area (TPSA) is 78.9 Å². The molecule has 0 fully saturated rings. The van der Waals surface area contributed by atoms with E-state index >= 15 is 0 Å². The first kappa shape index (κ1) is 77.6. The molecule has 0 aliphatic carbocycles. The molecule has 0 radical (unpaired) electrons. The van der Waals surface area contributed by atoms with E-state index in [0.717, 1.165) is 109 Å². The fraction of sp³-hybridized carbons (Fsp3) is 0.773. The summed E-state index contributed by atoms with van der Waals surface area (Å²) in [6.45, 7) is 6.56. The normalized spacial score (nSPS) is 12.6. The van der Waals surface area contributed by atoms with Crippen molar-refractivity contribution in [2.24, 2.45) is 0 Å². The largest absolute Gasteiger partial charge is 0.462 e. The van der Waals surface area contributed by atoms with Crippen LogP contribution in [0.1, 0.15) is 355 Å². The Kier molecular flexibility index (Phi) is 66.2. The minimum absolute atomic E-state index is 0.0790. The molecule has 0 aromatic rings. The molecule has 0 spiro atoms. The Hall–Kier alpha value is -3.41. The number of ether oxygens (including phenoxy) is 3. The van der Waals surface area contributed by atoms with Crippen LogP contribution in [0.4, 0.5) is 0 Å². The summed E-state index contributed by atoms with van der Waals surface area (Å²) in [7, 11) is 0. The van der Waals surface area contributed by atoms with Gasteiger partial charge < -0.3 is 14.2 Å². The fourth-order valence-corrected chi connectivity index (χ4v) is 10.2. The van der Waals surface area contributed by atoms with Crippen LogP contribution in [0.15, 0.2) is 85.1 Å². The highest BCUT2D eigenvalue weighted by Crippen LogP contribution is 2.17. The highest BCUT2D eigenvalue weighted by atomic mass is 16.6. The molecule has 0 amide bonds. The first-order valence-electron chi connectivity index (χ1n) is 35.1. The lowest BCUT2D eigenvalue weighted by molar-refractivity contribution is -0.167. The van der Waals surface area contributed by atoms with E-state index in [1.807, 2.05) is 0 Å². The Labute approximate surface area is 503 Å². The van der Waals surface area contributed by atoms with Crippen molar-refractivity contribution < 1.29 is 28.6 Å². The van der Waals surface area contributed by atoms with Gasteiger partial charge in [-0.05, 0) is 96.3 Å². The van der Waals surface area contributed by atoms with Gasteiger partial charge in [-0.2, -0.15) is 0 Å². The number of rotatable bonds is 64. The third kappa shape index (κ3) is 67.3. The second-order valence-electron chi connectivity index (χ2n) is 23.4. The van der Waals surface area contributed by atoms with Crippen LogP contribution in [-0.2, 0) is 28.6 Å². The number of unbranched alkanes of at least 4 members (excludes halogenated alkanes) is 39. The molecular formula is C75H132O6. The zero-order valence-corrected chi connectivity index (χ0v) is 53.8. The van der Waals surface area contributed by atoms with Crippen molar-refractivity contribution in [2.45, 2.75) is 361 Å². The maximum absolute atomic E-state index is 13.0. The van der Waals surface area contributed by atoms with Crippen molar-refractivity contribution >= 4 is 17.9 Å². The lowest BCUT2D eigenvalue weighted by atomic mass is 10.0. The van der Waals surface area contributed by atoms with Crippen molar-refractivity contribution in [1.82, 2.24) is 0 Å². The van der Waals surface area contributed by atoms with Crippen molar-refractivity contribution in [3.05, 3.63) is 85.1 Å². The first-order chi connectivity index (χ1) is 40.0. The van der Waals surface area contributed by atoms with Gasteiger partial charge in [0.25, 0.3) is 0 Å². The average Bonchev–Trinajstić information content (AvgIpc) is 3.47. The van der Waals surface area contributed by atoms with E-state index in [0.29, 0.717) is 19.3 Å². The van der Waals surface area contributed by atoms with Crippen LogP contribution in [0.25, 0.3) is 0 Å². The van der Waals surface area contributed by atoms with Gasteiger partial charge in [0.15, 0.2) is 6.10 Å². The van der Waals surface area contributed by atoms with Gasteiger partial charge in [-0.25, -0.2) is 0 Å². The standard InChI is InChI=1S/C75H132O6/c1-4-7-10-13-16-19-22-25-28-31-34-36-37-39-41-44-47-50-53-56-59-62-65-68-74(77)80-71-72(70-79-73(76)67-64-61-58-55-52-49-46-43-40-33-30-27-24-21-18-15-12-9-6-3)81-75(78)69-66-63-60-57-54-51-48-45-42-38-35-32-29-26-23-20-17-14-11-8-5-2/h8,11,17,20,22,25-26,29,31,34-35,37-39,72H,4-7,9-10,12-16,18-19,21,23-24,27-28,30,32-33,36,40-71H2,1-3H3/b11-8-,20-17-,25-22-,29-26-,34-31-,38-35-,39-37-. The summed E-state index contributed by atoms with van der Waals surface area (Å²) in [6.07, 6.45) is 91.7. The smallest absolute Gasteiger partial charge is 0.306 e. The molecule has 1 atom stereocenters. The lowest BCUT2D eigenvalue weighted by Gasteiger charge is -2.18. The van der Waals surface area contributed by atoms with E-state index in [4.69, 9.17) is 14.2 Å². The highest BCUT2D eigenvalue weighted by molar-refractivity contribution is 5.71. The molecule has 0 aromatic heterocycles. The number of allylic oxidation sites excluding steroid dienone is 14. The predicted octanol–water partition coefficient (Wildman–Crippen LogP) is 24.2. The summed E-state index contributed by atoms with van der Waals surface area (Å²) in [5.74, 6) is -0.875. The minimum atomic E-state index is -0.786. The molecule has 468 valence electrons. The van der Waals surface area contributed by atoms with Crippen molar-refractivity contribution in [1.29, 1.82) is 0 Å². The number of carbonyl (C=O) groups is 3. The maximum atomic E-state index is 13.0. The van der Waals surface area contributed by atoms with Gasteiger partial charge in [0.1, 0.15) is 13.2 Å². The number of carbonyl (C=O) groups excluding carboxylic acids is 3. The summed E-state index contributed by atoms with van der Waals surface area (Å²) in [4.78, 5) is 38.5. The molecule has 0 saturated heterocycles. The molecule has 6 heteroatoms. The van der Waals surface area contributed by atoms with Crippen LogP contribution < -0.4 is 0 Å². The predicted molar refractivity (Wildman–Crippen MR) is 353 cm³/mol. The van der Waals surface area contributed by atoms with E-state index < -0.39 is 6.10 Å². The third-order valence-corrected chi connectivity index (χ3v) is 15.4. The van der Waals surface area contributed by atoms with Gasteiger partial charge in [0.2, 0.25) is 0 Å². The molecule has 0 aliphatic rings. The van der Waals surface area contributed by atoms with Crippen molar-refractivity contribution in [3.8, 4) is 0 Å². The Bertz CT molecular complexity index is 1530. The maximum Gasteiger partial charge on any atom is 0.306 e. The SMILES string of the molecule is CC/C=C\C/C=C\C/C=C\C/C=C\CCCCCCCCCCC(=O)OC(COC(=O)CCCCCCCCCC/C=C\C/C=C\C/C=C\CCCCCCC)COC(=O)CCCCCCCCCCCCCCCCCCCCC. The Morgan fingerprint density at radius 1 is 0.259 bits per heavy atom. The Balaban J connectivity index is 4.39. The molecule has 6 nitrogen and oxygen atoms in total. The second-order valence-corrected chi connectivity index (χ2v) is 23.4. The highest BCUT2D eigenvalue weighted by Gasteiger charge is 2.19. The average molecular weight is 1130 g/mol. The summed E-state index contributed by atoms with van der Waals surface area (Å²) in [6, 6.07) is 0. The van der Waals surface area contributed by atoms with Crippen LogP contribution in [0.5, 0.6) is 0 Å². The summed E-state index contributed by atoms with van der Waals surface area (Å²) in [5.41, 5.74) is 0. The molecule has 0 aromatic carbocycles. The van der Waals surface area contributed by atoms with Gasteiger partial charge >= 0.3 is 17.9 Å².